The van der Waals surface area contributed by atoms with Gasteiger partial charge in [-0.25, -0.2) is 4.68 Å². The molecule has 0 unspecified atom stereocenters. The standard InChI is InChI=1S/C22H26N4O3/c1-14(2)29-18-10-8-9-17(13-18)15(3)23-22(27)21-16(4)26(25-24-21)19-11-6-7-12-20(19)28-5/h6-15H,1-5H3,(H,23,27)/t15-/m0/s1. The predicted octanol–water partition coefficient (Wildman–Crippen LogP) is 3.86. The number of amides is 1. The number of para-hydroxylation sites is 2. The Morgan fingerprint density at radius 2 is 1.86 bits per heavy atom. The van der Waals surface area contributed by atoms with Crippen LogP contribution in [0.1, 0.15) is 48.6 Å². The molecule has 3 rings (SSSR count). The van der Waals surface area contributed by atoms with E-state index in [2.05, 4.69) is 15.6 Å². The van der Waals surface area contributed by atoms with Crippen LogP contribution in [0.3, 0.4) is 0 Å². The number of nitrogens with zero attached hydrogens (tertiary/aromatic N) is 3. The van der Waals surface area contributed by atoms with Crippen molar-refractivity contribution in [2.45, 2.75) is 39.8 Å². The summed E-state index contributed by atoms with van der Waals surface area (Å²) in [4.78, 5) is 12.8. The number of nitrogens with one attached hydrogen (secondary N) is 1. The Labute approximate surface area is 170 Å². The predicted molar refractivity (Wildman–Crippen MR) is 111 cm³/mol. The van der Waals surface area contributed by atoms with Crippen molar-refractivity contribution >= 4 is 5.91 Å². The van der Waals surface area contributed by atoms with Crippen LogP contribution in [0.15, 0.2) is 48.5 Å². The van der Waals surface area contributed by atoms with Crippen molar-refractivity contribution in [3.63, 3.8) is 0 Å². The quantitative estimate of drug-likeness (QED) is 0.658. The minimum atomic E-state index is -0.286. The van der Waals surface area contributed by atoms with Crippen LogP contribution in [-0.4, -0.2) is 34.1 Å². The summed E-state index contributed by atoms with van der Waals surface area (Å²) in [6.07, 6.45) is 0.0859. The van der Waals surface area contributed by atoms with Gasteiger partial charge in [-0.1, -0.05) is 29.5 Å². The van der Waals surface area contributed by atoms with Gasteiger partial charge in [0, 0.05) is 0 Å². The Morgan fingerprint density at radius 3 is 2.59 bits per heavy atom. The van der Waals surface area contributed by atoms with Crippen LogP contribution in [0.4, 0.5) is 0 Å². The van der Waals surface area contributed by atoms with E-state index in [1.54, 1.807) is 11.8 Å². The van der Waals surface area contributed by atoms with E-state index in [9.17, 15) is 4.79 Å². The number of hydrogen-bond acceptors (Lipinski definition) is 5. The zero-order chi connectivity index (χ0) is 21.0. The minimum absolute atomic E-state index is 0.0859. The zero-order valence-corrected chi connectivity index (χ0v) is 17.3. The van der Waals surface area contributed by atoms with Gasteiger partial charge in [-0.2, -0.15) is 0 Å². The first kappa shape index (κ1) is 20.4. The first-order valence-electron chi connectivity index (χ1n) is 9.54. The Hall–Kier alpha value is -3.35. The number of ether oxygens (including phenoxy) is 2. The molecule has 0 fully saturated rings. The van der Waals surface area contributed by atoms with Gasteiger partial charge in [0.15, 0.2) is 5.69 Å². The summed E-state index contributed by atoms with van der Waals surface area (Å²) < 4.78 is 12.7. The maximum absolute atomic E-state index is 12.8. The van der Waals surface area contributed by atoms with Crippen LogP contribution in [0, 0.1) is 6.92 Å². The van der Waals surface area contributed by atoms with Crippen LogP contribution in [0.2, 0.25) is 0 Å². The maximum Gasteiger partial charge on any atom is 0.274 e. The number of aromatic nitrogens is 3. The van der Waals surface area contributed by atoms with Gasteiger partial charge >= 0.3 is 0 Å². The molecule has 1 amide bonds. The minimum Gasteiger partial charge on any atom is -0.494 e. The first-order chi connectivity index (χ1) is 13.9. The zero-order valence-electron chi connectivity index (χ0n) is 17.3. The van der Waals surface area contributed by atoms with Crippen LogP contribution < -0.4 is 14.8 Å². The average molecular weight is 394 g/mol. The highest BCUT2D eigenvalue weighted by Gasteiger charge is 2.21. The molecule has 0 bridgehead atoms. The van der Waals surface area contributed by atoms with Crippen LogP contribution in [0.5, 0.6) is 11.5 Å². The SMILES string of the molecule is COc1ccccc1-n1nnc(C(=O)N[C@@H](C)c2cccc(OC(C)C)c2)c1C. The summed E-state index contributed by atoms with van der Waals surface area (Å²) in [6.45, 7) is 7.69. The van der Waals surface area contributed by atoms with Gasteiger partial charge in [0.1, 0.15) is 17.2 Å². The fraction of sp³-hybridized carbons (Fsp3) is 0.318. The van der Waals surface area contributed by atoms with E-state index in [0.29, 0.717) is 11.4 Å². The van der Waals surface area contributed by atoms with Crippen molar-refractivity contribution in [1.29, 1.82) is 0 Å². The fourth-order valence-corrected chi connectivity index (χ4v) is 3.05. The molecule has 0 aliphatic heterocycles. The van der Waals surface area contributed by atoms with E-state index < -0.39 is 0 Å². The molecule has 7 heteroatoms. The maximum atomic E-state index is 12.8. The number of benzene rings is 2. The van der Waals surface area contributed by atoms with E-state index >= 15 is 0 Å². The molecule has 1 atom stereocenters. The molecule has 1 heterocycles. The molecule has 2 aromatic carbocycles. The Morgan fingerprint density at radius 1 is 1.10 bits per heavy atom. The van der Waals surface area contributed by atoms with E-state index in [-0.39, 0.29) is 23.7 Å². The van der Waals surface area contributed by atoms with Crippen molar-refractivity contribution in [1.82, 2.24) is 20.3 Å². The van der Waals surface area contributed by atoms with Crippen LogP contribution in [0.25, 0.3) is 5.69 Å². The van der Waals surface area contributed by atoms with Crippen LogP contribution in [-0.2, 0) is 0 Å². The van der Waals surface area contributed by atoms with Crippen molar-refractivity contribution in [3.05, 3.63) is 65.5 Å². The summed E-state index contributed by atoms with van der Waals surface area (Å²) in [7, 11) is 1.59. The molecular formula is C22H26N4O3. The molecule has 0 aliphatic rings. The lowest BCUT2D eigenvalue weighted by Crippen LogP contribution is -2.27. The van der Waals surface area contributed by atoms with Crippen molar-refractivity contribution in [3.8, 4) is 17.2 Å². The molecule has 1 N–H and O–H groups in total. The van der Waals surface area contributed by atoms with E-state index in [4.69, 9.17) is 9.47 Å². The topological polar surface area (TPSA) is 78.3 Å². The lowest BCUT2D eigenvalue weighted by Gasteiger charge is -2.16. The Kier molecular flexibility index (Phi) is 6.16. The number of hydrogen-bond donors (Lipinski definition) is 1. The molecule has 0 radical (unpaired) electrons. The lowest BCUT2D eigenvalue weighted by atomic mass is 10.1. The average Bonchev–Trinajstić information content (AvgIpc) is 3.08. The molecule has 1 aromatic heterocycles. The molecule has 0 saturated carbocycles. The molecule has 0 spiro atoms. The highest BCUT2D eigenvalue weighted by atomic mass is 16.5. The second-order valence-corrected chi connectivity index (χ2v) is 7.04. The molecule has 7 nitrogen and oxygen atoms in total. The third-order valence-electron chi connectivity index (χ3n) is 4.50. The second-order valence-electron chi connectivity index (χ2n) is 7.04. The van der Waals surface area contributed by atoms with E-state index in [1.165, 1.54) is 0 Å². The summed E-state index contributed by atoms with van der Waals surface area (Å²) in [6, 6.07) is 15.0. The van der Waals surface area contributed by atoms with Crippen LogP contribution >= 0.6 is 0 Å². The van der Waals surface area contributed by atoms with Gasteiger partial charge in [0.05, 0.1) is 24.9 Å². The first-order valence-corrected chi connectivity index (χ1v) is 9.54. The fourth-order valence-electron chi connectivity index (χ4n) is 3.05. The summed E-state index contributed by atoms with van der Waals surface area (Å²) >= 11 is 0. The number of methoxy groups -OCH3 is 1. The van der Waals surface area contributed by atoms with Crippen molar-refractivity contribution in [2.24, 2.45) is 0 Å². The third-order valence-corrected chi connectivity index (χ3v) is 4.50. The third kappa shape index (κ3) is 4.56. The van der Waals surface area contributed by atoms with Gasteiger partial charge in [-0.15, -0.1) is 5.10 Å². The van der Waals surface area contributed by atoms with Gasteiger partial charge in [-0.3, -0.25) is 4.79 Å². The van der Waals surface area contributed by atoms with Gasteiger partial charge in [0.2, 0.25) is 0 Å². The summed E-state index contributed by atoms with van der Waals surface area (Å²) in [5.41, 5.74) is 2.59. The molecule has 3 aromatic rings. The highest BCUT2D eigenvalue weighted by molar-refractivity contribution is 5.93. The smallest absolute Gasteiger partial charge is 0.274 e. The summed E-state index contributed by atoms with van der Waals surface area (Å²) in [5, 5.41) is 11.2. The number of carbonyl (C=O) groups is 1. The monoisotopic (exact) mass is 394 g/mol. The molecule has 0 saturated heterocycles. The Balaban J connectivity index is 1.79. The lowest BCUT2D eigenvalue weighted by molar-refractivity contribution is 0.0934. The molecule has 0 aliphatic carbocycles. The number of rotatable bonds is 7. The van der Waals surface area contributed by atoms with Gasteiger partial charge < -0.3 is 14.8 Å². The van der Waals surface area contributed by atoms with E-state index in [1.807, 2.05) is 76.2 Å². The van der Waals surface area contributed by atoms with Crippen molar-refractivity contribution < 1.29 is 14.3 Å². The molecule has 152 valence electrons. The number of carbonyl (C=O) groups excluding carboxylic acids is 1. The molecule has 29 heavy (non-hydrogen) atoms. The normalized spacial score (nSPS) is 11.9. The largest absolute Gasteiger partial charge is 0.494 e. The van der Waals surface area contributed by atoms with E-state index in [0.717, 1.165) is 17.0 Å². The summed E-state index contributed by atoms with van der Waals surface area (Å²) in [5.74, 6) is 1.14. The van der Waals surface area contributed by atoms with Gasteiger partial charge in [0.25, 0.3) is 5.91 Å². The Bertz CT molecular complexity index is 997. The highest BCUT2D eigenvalue weighted by Crippen LogP contribution is 2.24. The van der Waals surface area contributed by atoms with Crippen molar-refractivity contribution in [2.75, 3.05) is 7.11 Å². The molecular weight excluding hydrogens is 368 g/mol. The second kappa shape index (κ2) is 8.77. The van der Waals surface area contributed by atoms with Gasteiger partial charge in [-0.05, 0) is 57.5 Å².